The molecule has 1 aromatic heterocycles. The molecule has 0 atom stereocenters. The van der Waals surface area contributed by atoms with Crippen molar-refractivity contribution in [3.05, 3.63) is 53.9 Å². The molecule has 0 amide bonds. The first-order valence-corrected chi connectivity index (χ1v) is 9.64. The number of allylic oxidation sites excluding steroid dienone is 1. The third kappa shape index (κ3) is 3.69. The van der Waals surface area contributed by atoms with Crippen LogP contribution < -0.4 is 4.74 Å². The Morgan fingerprint density at radius 3 is 2.50 bits per heavy atom. The summed E-state index contributed by atoms with van der Waals surface area (Å²) in [5, 5.41) is 0. The Morgan fingerprint density at radius 1 is 1.00 bits per heavy atom. The van der Waals surface area contributed by atoms with E-state index in [1.54, 1.807) is 12.4 Å². The molecule has 0 spiro atoms. The zero-order chi connectivity index (χ0) is 17.8. The number of hydrogen-bond donors (Lipinski definition) is 0. The van der Waals surface area contributed by atoms with E-state index in [4.69, 9.17) is 4.74 Å². The maximum absolute atomic E-state index is 12.1. The van der Waals surface area contributed by atoms with Crippen LogP contribution in [0.2, 0.25) is 0 Å². The van der Waals surface area contributed by atoms with Crippen molar-refractivity contribution >= 4 is 5.97 Å². The van der Waals surface area contributed by atoms with Crippen LogP contribution in [-0.2, 0) is 4.79 Å². The minimum absolute atomic E-state index is 0.276. The lowest BCUT2D eigenvalue weighted by Crippen LogP contribution is -2.10. The molecular weight excluding hydrogens is 324 g/mol. The summed E-state index contributed by atoms with van der Waals surface area (Å²) in [4.78, 5) is 21.0. The normalized spacial score (nSPS) is 17.8. The number of carbonyl (C=O) groups is 1. The van der Waals surface area contributed by atoms with Crippen LogP contribution in [0.5, 0.6) is 5.75 Å². The zero-order valence-electron chi connectivity index (χ0n) is 15.0. The summed E-state index contributed by atoms with van der Waals surface area (Å²) in [5.41, 5.74) is 3.19. The van der Waals surface area contributed by atoms with Crippen molar-refractivity contribution in [1.82, 2.24) is 9.97 Å². The predicted molar refractivity (Wildman–Crippen MR) is 101 cm³/mol. The number of esters is 1. The van der Waals surface area contributed by atoms with E-state index in [-0.39, 0.29) is 5.97 Å². The molecule has 0 N–H and O–H groups in total. The highest BCUT2D eigenvalue weighted by molar-refractivity contribution is 5.90. The van der Waals surface area contributed by atoms with Crippen molar-refractivity contribution in [2.45, 2.75) is 57.3 Å². The quantitative estimate of drug-likeness (QED) is 0.712. The van der Waals surface area contributed by atoms with Gasteiger partial charge in [0.05, 0.1) is 12.4 Å². The van der Waals surface area contributed by atoms with Gasteiger partial charge in [0.25, 0.3) is 0 Å². The Morgan fingerprint density at radius 2 is 1.77 bits per heavy atom. The van der Waals surface area contributed by atoms with Gasteiger partial charge in [0, 0.05) is 11.1 Å². The van der Waals surface area contributed by atoms with E-state index in [9.17, 15) is 4.79 Å². The second-order valence-corrected chi connectivity index (χ2v) is 7.18. The van der Waals surface area contributed by atoms with Crippen LogP contribution in [0.15, 0.2) is 48.3 Å². The van der Waals surface area contributed by atoms with Gasteiger partial charge >= 0.3 is 5.97 Å². The summed E-state index contributed by atoms with van der Waals surface area (Å²) in [7, 11) is 0. The van der Waals surface area contributed by atoms with Gasteiger partial charge in [-0.2, -0.15) is 0 Å². The Hall–Kier alpha value is -2.49. The number of ether oxygens (including phenoxy) is 1. The summed E-state index contributed by atoms with van der Waals surface area (Å²) in [6.07, 6.45) is 14.4. The molecule has 1 saturated carbocycles. The van der Waals surface area contributed by atoms with Crippen LogP contribution in [0.4, 0.5) is 0 Å². The van der Waals surface area contributed by atoms with Crippen molar-refractivity contribution in [3.8, 4) is 17.1 Å². The Kier molecular flexibility index (Phi) is 5.09. The molecule has 1 aromatic carbocycles. The molecule has 4 heteroatoms. The topological polar surface area (TPSA) is 52.1 Å². The van der Waals surface area contributed by atoms with Crippen molar-refractivity contribution in [1.29, 1.82) is 0 Å². The summed E-state index contributed by atoms with van der Waals surface area (Å²) in [5.74, 6) is 1.42. The molecule has 134 valence electrons. The van der Waals surface area contributed by atoms with Crippen LogP contribution in [0, 0.1) is 0 Å². The SMILES string of the molecule is O=C(Oc1cnc(-c2ccccc2C2CCCCC2)nc1)C1=CCCC1. The summed E-state index contributed by atoms with van der Waals surface area (Å²) in [6.45, 7) is 0. The Bertz CT molecular complexity index is 805. The van der Waals surface area contributed by atoms with Crippen molar-refractivity contribution in [3.63, 3.8) is 0 Å². The van der Waals surface area contributed by atoms with Gasteiger partial charge in [-0.05, 0) is 43.6 Å². The second-order valence-electron chi connectivity index (χ2n) is 7.18. The molecule has 26 heavy (non-hydrogen) atoms. The fourth-order valence-corrected chi connectivity index (χ4v) is 4.01. The van der Waals surface area contributed by atoms with E-state index in [2.05, 4.69) is 28.2 Å². The number of aromatic nitrogens is 2. The van der Waals surface area contributed by atoms with Crippen LogP contribution in [0.1, 0.15) is 62.8 Å². The van der Waals surface area contributed by atoms with Crippen LogP contribution in [0.25, 0.3) is 11.4 Å². The molecular formula is C22H24N2O2. The molecule has 2 aliphatic rings. The van der Waals surface area contributed by atoms with Crippen molar-refractivity contribution < 1.29 is 9.53 Å². The number of carbonyl (C=O) groups excluding carboxylic acids is 1. The number of rotatable bonds is 4. The average Bonchev–Trinajstić information content (AvgIpc) is 3.24. The summed E-state index contributed by atoms with van der Waals surface area (Å²) in [6, 6.07) is 8.42. The van der Waals surface area contributed by atoms with Gasteiger partial charge in [0.1, 0.15) is 0 Å². The summed E-state index contributed by atoms with van der Waals surface area (Å²) >= 11 is 0. The fraction of sp³-hybridized carbons (Fsp3) is 0.409. The van der Waals surface area contributed by atoms with Crippen LogP contribution >= 0.6 is 0 Å². The molecule has 0 radical (unpaired) electrons. The molecule has 0 unspecified atom stereocenters. The highest BCUT2D eigenvalue weighted by atomic mass is 16.5. The highest BCUT2D eigenvalue weighted by Crippen LogP contribution is 2.37. The molecule has 4 nitrogen and oxygen atoms in total. The highest BCUT2D eigenvalue weighted by Gasteiger charge is 2.20. The third-order valence-corrected chi connectivity index (χ3v) is 5.39. The number of benzene rings is 1. The van der Waals surface area contributed by atoms with Crippen molar-refractivity contribution in [2.24, 2.45) is 0 Å². The van der Waals surface area contributed by atoms with E-state index in [0.29, 0.717) is 17.5 Å². The monoisotopic (exact) mass is 348 g/mol. The maximum Gasteiger partial charge on any atom is 0.339 e. The molecule has 2 aliphatic carbocycles. The predicted octanol–water partition coefficient (Wildman–Crippen LogP) is 5.21. The standard InChI is InChI=1S/C22H24N2O2/c25-22(17-10-4-5-11-17)26-18-14-23-21(24-15-18)20-13-7-6-12-19(20)16-8-2-1-3-9-16/h6-7,10,12-16H,1-5,8-9,11H2. The smallest absolute Gasteiger partial charge is 0.339 e. The largest absolute Gasteiger partial charge is 0.420 e. The molecule has 0 aliphatic heterocycles. The van der Waals surface area contributed by atoms with Gasteiger partial charge < -0.3 is 4.74 Å². The third-order valence-electron chi connectivity index (χ3n) is 5.39. The lowest BCUT2D eigenvalue weighted by molar-refractivity contribution is -0.130. The second kappa shape index (κ2) is 7.81. The number of nitrogens with zero attached hydrogens (tertiary/aromatic N) is 2. The van der Waals surface area contributed by atoms with Gasteiger partial charge in [0.2, 0.25) is 0 Å². The van der Waals surface area contributed by atoms with E-state index < -0.39 is 0 Å². The maximum atomic E-state index is 12.1. The van der Waals surface area contributed by atoms with E-state index in [0.717, 1.165) is 30.4 Å². The van der Waals surface area contributed by atoms with Crippen molar-refractivity contribution in [2.75, 3.05) is 0 Å². The average molecular weight is 348 g/mol. The minimum Gasteiger partial charge on any atom is -0.420 e. The first-order chi connectivity index (χ1) is 12.8. The fourth-order valence-electron chi connectivity index (χ4n) is 4.01. The van der Waals surface area contributed by atoms with Gasteiger partial charge in [-0.15, -0.1) is 0 Å². The van der Waals surface area contributed by atoms with Crippen LogP contribution in [-0.4, -0.2) is 15.9 Å². The van der Waals surface area contributed by atoms with Gasteiger partial charge in [0.15, 0.2) is 11.6 Å². The first kappa shape index (κ1) is 17.0. The minimum atomic E-state index is -0.276. The Labute approximate surface area is 154 Å². The van der Waals surface area contributed by atoms with Gasteiger partial charge in [-0.3, -0.25) is 0 Å². The van der Waals surface area contributed by atoms with E-state index in [1.807, 2.05) is 12.1 Å². The lowest BCUT2D eigenvalue weighted by atomic mass is 9.82. The molecule has 1 heterocycles. The van der Waals surface area contributed by atoms with Gasteiger partial charge in [-0.1, -0.05) is 49.6 Å². The Balaban J connectivity index is 1.53. The molecule has 2 aromatic rings. The van der Waals surface area contributed by atoms with Crippen LogP contribution in [0.3, 0.4) is 0 Å². The summed E-state index contributed by atoms with van der Waals surface area (Å²) < 4.78 is 5.40. The zero-order valence-corrected chi connectivity index (χ0v) is 15.0. The van der Waals surface area contributed by atoms with Gasteiger partial charge in [-0.25, -0.2) is 14.8 Å². The number of hydrogen-bond acceptors (Lipinski definition) is 4. The molecule has 0 bridgehead atoms. The first-order valence-electron chi connectivity index (χ1n) is 9.64. The van der Waals surface area contributed by atoms with E-state index >= 15 is 0 Å². The molecule has 0 saturated heterocycles. The molecule has 1 fully saturated rings. The molecule has 4 rings (SSSR count). The lowest BCUT2D eigenvalue weighted by Gasteiger charge is -2.23. The van der Waals surface area contributed by atoms with E-state index in [1.165, 1.54) is 37.7 Å².